The molecule has 0 aromatic rings. The van der Waals surface area contributed by atoms with Gasteiger partial charge in [0.05, 0.1) is 37.6 Å². The van der Waals surface area contributed by atoms with Crippen LogP contribution in [0, 0.1) is 35.5 Å². The van der Waals surface area contributed by atoms with Crippen LogP contribution in [0.25, 0.3) is 0 Å². The van der Waals surface area contributed by atoms with E-state index >= 15 is 0 Å². The van der Waals surface area contributed by atoms with E-state index in [4.69, 9.17) is 28.4 Å². The molecule has 2 unspecified atom stereocenters. The second kappa shape index (κ2) is 27.3. The molecule has 15 nitrogen and oxygen atoms in total. The first-order chi connectivity index (χ1) is 32.3. The molecule has 15 atom stereocenters. The van der Waals surface area contributed by atoms with E-state index in [9.17, 15) is 39.3 Å². The number of carbonyl (C=O) groups is 5. The number of cyclic esters (lactones) is 1. The highest BCUT2D eigenvalue weighted by molar-refractivity contribution is 6.39. The molecular formula is C53H83NO14. The third-order valence-corrected chi connectivity index (χ3v) is 14.9. The number of esters is 1. The van der Waals surface area contributed by atoms with Crippen LogP contribution in [0.2, 0.25) is 0 Å². The Morgan fingerprint density at radius 2 is 1.59 bits per heavy atom. The molecule has 3 aliphatic heterocycles. The number of ketones is 3. The van der Waals surface area contributed by atoms with Crippen LogP contribution < -0.4 is 0 Å². The number of Topliss-reactive ketones (excluding diaryl/α,β-unsaturated/α-hetero) is 3. The van der Waals surface area contributed by atoms with E-state index < -0.39 is 77.8 Å². The molecule has 0 radical (unpaired) electrons. The number of hydrogen-bond acceptors (Lipinski definition) is 14. The number of ether oxygens (including phenoxy) is 6. The van der Waals surface area contributed by atoms with E-state index in [-0.39, 0.29) is 74.1 Å². The lowest BCUT2D eigenvalue weighted by Gasteiger charge is -2.42. The van der Waals surface area contributed by atoms with Gasteiger partial charge in [-0.15, -0.1) is 0 Å². The Balaban J connectivity index is 1.70. The third kappa shape index (κ3) is 15.3. The van der Waals surface area contributed by atoms with E-state index in [2.05, 4.69) is 0 Å². The zero-order chi connectivity index (χ0) is 50.3. The average Bonchev–Trinajstić information content (AvgIpc) is 3.32. The van der Waals surface area contributed by atoms with Crippen LogP contribution in [-0.4, -0.2) is 145 Å². The minimum absolute atomic E-state index is 0.0158. The highest BCUT2D eigenvalue weighted by atomic mass is 16.6. The van der Waals surface area contributed by atoms with Gasteiger partial charge in [-0.2, -0.15) is 0 Å². The van der Waals surface area contributed by atoms with Gasteiger partial charge in [0.25, 0.3) is 11.7 Å². The maximum Gasteiger partial charge on any atom is 0.329 e. The van der Waals surface area contributed by atoms with Gasteiger partial charge in [0.2, 0.25) is 5.79 Å². The van der Waals surface area contributed by atoms with E-state index in [1.165, 1.54) is 12.0 Å². The normalized spacial score (nSPS) is 39.2. The number of amides is 1. The fourth-order valence-corrected chi connectivity index (χ4v) is 10.5. The van der Waals surface area contributed by atoms with Crippen molar-refractivity contribution in [2.24, 2.45) is 35.5 Å². The number of allylic oxidation sites excluding steroid dienone is 6. The van der Waals surface area contributed by atoms with Gasteiger partial charge in [-0.05, 0) is 107 Å². The smallest absolute Gasteiger partial charge is 0.329 e. The van der Waals surface area contributed by atoms with Gasteiger partial charge >= 0.3 is 5.97 Å². The average molecular weight is 958 g/mol. The lowest BCUT2D eigenvalue weighted by Crippen LogP contribution is -2.61. The molecule has 3 fully saturated rings. The van der Waals surface area contributed by atoms with Crippen molar-refractivity contribution < 1.29 is 67.7 Å². The summed E-state index contributed by atoms with van der Waals surface area (Å²) >= 11 is 0. The van der Waals surface area contributed by atoms with E-state index in [1.54, 1.807) is 41.1 Å². The summed E-state index contributed by atoms with van der Waals surface area (Å²) in [5.41, 5.74) is 1.26. The third-order valence-electron chi connectivity index (χ3n) is 14.9. The Bertz CT molecular complexity index is 1810. The minimum Gasteiger partial charge on any atom is -0.460 e. The van der Waals surface area contributed by atoms with Crippen LogP contribution in [0.5, 0.6) is 0 Å². The summed E-state index contributed by atoms with van der Waals surface area (Å²) in [5, 5.41) is 32.8. The largest absolute Gasteiger partial charge is 0.460 e. The highest BCUT2D eigenvalue weighted by Crippen LogP contribution is 2.38. The molecular weight excluding hydrogens is 875 g/mol. The van der Waals surface area contributed by atoms with Crippen molar-refractivity contribution in [3.63, 3.8) is 0 Å². The summed E-state index contributed by atoms with van der Waals surface area (Å²) in [5.74, 6) is -7.96. The zero-order valence-electron chi connectivity index (χ0n) is 42.4. The summed E-state index contributed by atoms with van der Waals surface area (Å²) in [4.78, 5) is 72.1. The molecule has 4 rings (SSSR count). The Labute approximate surface area is 405 Å². The topological polar surface area (TPSA) is 205 Å². The maximum atomic E-state index is 14.5. The number of carbonyl (C=O) groups excluding carboxylic acids is 5. The number of fused-ring (bicyclic) bond motifs is 3. The standard InChI is InChI=1S/C53H83NO14/c1-32-16-12-11-13-17-33(2)44(63-8)30-40-21-19-38(7)53(62,68-40)50(59)51(60)54-23-15-14-18-41(54)52(61)67-45(35(4)28-39-20-22-43(66-25-24-55)46(29-39)64-9)31-42(56)34(3)27-37(6)48(58)49(65-10)47(57)36(5)26-32/h11-13,16-17,27,32,34-36,38-41,43-46,48-49,55,58,62H,14-15,18-26,28-31H2,1-10H3/b13-11+,16-12+,33-17-,37-27-/t32-,34?,35-,36-,38?,39+,40+,41-,43-,44+,45+,46+,48-,49+,53-/m1/s1. The first-order valence-corrected chi connectivity index (χ1v) is 25.0. The van der Waals surface area contributed by atoms with Crippen molar-refractivity contribution in [2.45, 2.75) is 180 Å². The molecule has 2 bridgehead atoms. The predicted octanol–water partition coefficient (Wildman–Crippen LogP) is 6.20. The SMILES string of the molecule is CO[C@H]1C[C@@H]2CCC(C)[C@@](O)(O2)C(=O)C(=O)N2CCCC[C@@H]2C(=O)O[C@H]([C@H](C)C[C@@H]2CC[C@@H](OCCO)[C@@H](OC)C2)CC(=O)C(C)/C=C(/C)[C@@H](O)[C@@H](OC)C(=O)[C@H](C)C[C@H](C)/C=C/C=C/C=C\1C. The molecule has 3 N–H and O–H groups in total. The number of aliphatic hydroxyl groups is 3. The van der Waals surface area contributed by atoms with Crippen molar-refractivity contribution in [3.8, 4) is 0 Å². The number of aliphatic hydroxyl groups excluding tert-OH is 2. The van der Waals surface area contributed by atoms with Crippen molar-refractivity contribution in [2.75, 3.05) is 41.1 Å². The van der Waals surface area contributed by atoms with Gasteiger partial charge in [0.1, 0.15) is 30.1 Å². The van der Waals surface area contributed by atoms with Gasteiger partial charge in [0.15, 0.2) is 5.78 Å². The zero-order valence-corrected chi connectivity index (χ0v) is 42.4. The van der Waals surface area contributed by atoms with Crippen LogP contribution >= 0.6 is 0 Å². The summed E-state index contributed by atoms with van der Waals surface area (Å²) in [6.07, 6.45) is 12.0. The summed E-state index contributed by atoms with van der Waals surface area (Å²) in [6.45, 7) is 12.9. The molecule has 1 aliphatic carbocycles. The molecule has 0 spiro atoms. The number of hydrogen-bond donors (Lipinski definition) is 3. The fraction of sp³-hybridized carbons (Fsp3) is 0.755. The van der Waals surface area contributed by atoms with E-state index in [0.29, 0.717) is 63.4 Å². The van der Waals surface area contributed by atoms with Crippen molar-refractivity contribution in [3.05, 3.63) is 47.6 Å². The number of piperidine rings is 1. The highest BCUT2D eigenvalue weighted by Gasteiger charge is 2.53. The molecule has 4 aliphatic rings. The van der Waals surface area contributed by atoms with Gasteiger partial charge in [-0.3, -0.25) is 19.2 Å². The number of rotatable bonds is 9. The minimum atomic E-state index is -2.43. The number of nitrogens with zero attached hydrogens (tertiary/aromatic N) is 1. The van der Waals surface area contributed by atoms with Crippen LogP contribution in [0.3, 0.4) is 0 Å². The maximum absolute atomic E-state index is 14.5. The Morgan fingerprint density at radius 3 is 2.26 bits per heavy atom. The molecule has 2 saturated heterocycles. The van der Waals surface area contributed by atoms with Crippen LogP contribution in [-0.2, 0) is 52.4 Å². The molecule has 0 aromatic carbocycles. The number of methoxy groups -OCH3 is 3. The molecule has 15 heteroatoms. The second-order valence-electron chi connectivity index (χ2n) is 20.2. The molecule has 0 aromatic heterocycles. The lowest BCUT2D eigenvalue weighted by molar-refractivity contribution is -0.265. The Morgan fingerprint density at radius 1 is 0.853 bits per heavy atom. The summed E-state index contributed by atoms with van der Waals surface area (Å²) < 4.78 is 35.6. The van der Waals surface area contributed by atoms with Gasteiger partial charge < -0.3 is 48.6 Å². The first-order valence-electron chi connectivity index (χ1n) is 25.0. The van der Waals surface area contributed by atoms with Crippen LogP contribution in [0.15, 0.2) is 47.6 Å². The lowest BCUT2D eigenvalue weighted by atomic mass is 9.78. The fourth-order valence-electron chi connectivity index (χ4n) is 10.5. The van der Waals surface area contributed by atoms with Gasteiger partial charge in [-0.25, -0.2) is 4.79 Å². The molecule has 3 heterocycles. The summed E-state index contributed by atoms with van der Waals surface area (Å²) in [6, 6.07) is -1.14. The Hall–Kier alpha value is -3.41. The van der Waals surface area contributed by atoms with Crippen molar-refractivity contribution >= 4 is 29.2 Å². The molecule has 68 heavy (non-hydrogen) atoms. The van der Waals surface area contributed by atoms with Gasteiger partial charge in [0, 0.05) is 58.5 Å². The monoisotopic (exact) mass is 958 g/mol. The summed E-state index contributed by atoms with van der Waals surface area (Å²) in [7, 11) is 4.58. The molecule has 384 valence electrons. The first kappa shape index (κ1) is 57.2. The predicted molar refractivity (Wildman–Crippen MR) is 256 cm³/mol. The van der Waals surface area contributed by atoms with Crippen LogP contribution in [0.1, 0.15) is 126 Å². The molecule has 1 saturated carbocycles. The quantitative estimate of drug-likeness (QED) is 0.134. The van der Waals surface area contributed by atoms with Crippen molar-refractivity contribution in [1.82, 2.24) is 4.90 Å². The van der Waals surface area contributed by atoms with E-state index in [0.717, 1.165) is 12.0 Å². The Kier molecular flexibility index (Phi) is 22.9. The second-order valence-corrected chi connectivity index (χ2v) is 20.2. The van der Waals surface area contributed by atoms with Gasteiger partial charge in [-0.1, -0.05) is 71.1 Å². The van der Waals surface area contributed by atoms with E-state index in [1.807, 2.05) is 58.1 Å². The van der Waals surface area contributed by atoms with Crippen LogP contribution in [0.4, 0.5) is 0 Å². The van der Waals surface area contributed by atoms with Crippen molar-refractivity contribution in [1.29, 1.82) is 0 Å². The molecule has 1 amide bonds.